The molecule has 0 fully saturated rings. The number of phosphoric ester groups is 1. The molecule has 0 saturated heterocycles. The minimum atomic E-state index is -4.78. The predicted octanol–water partition coefficient (Wildman–Crippen LogP) is 14.5. The van der Waals surface area contributed by atoms with Gasteiger partial charge in [-0.15, -0.1) is 0 Å². The van der Waals surface area contributed by atoms with Crippen molar-refractivity contribution in [2.45, 2.75) is 187 Å². The van der Waals surface area contributed by atoms with E-state index in [1.165, 1.54) is 19.3 Å². The Bertz CT molecular complexity index is 1600. The normalized spacial score (nSPS) is 14.5. The maximum absolute atomic E-state index is 12.8. The molecule has 68 heavy (non-hydrogen) atoms. The van der Waals surface area contributed by atoms with Gasteiger partial charge in [0.15, 0.2) is 6.10 Å². The molecule has 0 aliphatic carbocycles. The van der Waals surface area contributed by atoms with Gasteiger partial charge in [0.25, 0.3) is 0 Å². The quantitative estimate of drug-likeness (QED) is 0.0197. The Kier molecular flexibility index (Phi) is 46.3. The Morgan fingerprint density at radius 2 is 0.794 bits per heavy atom. The summed E-state index contributed by atoms with van der Waals surface area (Å²) in [5.74, 6) is -1.68. The van der Waals surface area contributed by atoms with Crippen molar-refractivity contribution in [3.63, 3.8) is 0 Å². The number of unbranched alkanes of at least 4 members (excludes halogenated alkanes) is 8. The Labute approximate surface area is 411 Å². The Morgan fingerprint density at radius 3 is 1.26 bits per heavy atom. The van der Waals surface area contributed by atoms with E-state index in [0.29, 0.717) is 19.3 Å². The van der Waals surface area contributed by atoms with E-state index in [0.717, 1.165) is 96.3 Å². The van der Waals surface area contributed by atoms with Crippen LogP contribution in [0.25, 0.3) is 0 Å². The standard InChI is InChI=1S/C56H89O11P/c1-4-7-10-13-16-19-22-25-26-29-32-35-38-41-44-47-56(60)67-53(49-63-54(58)45-42-39-36-33-30-27-23-20-17-14-11-8-5-2)51-65-68(61,62)64-50-52(48-57)66-55(59)46-43-40-37-34-31-28-24-21-18-15-12-9-6-3/h8-9,11-12,16-21,25-28,30-31,36-37,39-40,52-53,57H,4-7,10,13-15,22-24,29,32-35,38,41-51H2,1-3H3,(H,61,62)/b11-8-,12-9-,19-16-,20-17-,21-18-,26-25-,30-27-,31-28-,39-36-,40-37-. The summed E-state index contributed by atoms with van der Waals surface area (Å²) >= 11 is 0. The van der Waals surface area contributed by atoms with Gasteiger partial charge in [0.1, 0.15) is 12.7 Å². The predicted molar refractivity (Wildman–Crippen MR) is 279 cm³/mol. The van der Waals surface area contributed by atoms with Crippen molar-refractivity contribution in [3.05, 3.63) is 122 Å². The van der Waals surface area contributed by atoms with E-state index in [-0.39, 0.29) is 19.3 Å². The van der Waals surface area contributed by atoms with Crippen LogP contribution < -0.4 is 0 Å². The Morgan fingerprint density at radius 1 is 0.426 bits per heavy atom. The van der Waals surface area contributed by atoms with Crippen LogP contribution in [0.4, 0.5) is 0 Å². The van der Waals surface area contributed by atoms with E-state index in [1.807, 2.05) is 30.4 Å². The first kappa shape index (κ1) is 63.9. The molecular weight excluding hydrogens is 880 g/mol. The van der Waals surface area contributed by atoms with E-state index in [2.05, 4.69) is 112 Å². The van der Waals surface area contributed by atoms with E-state index in [1.54, 1.807) is 0 Å². The summed E-state index contributed by atoms with van der Waals surface area (Å²) in [6, 6.07) is 0. The van der Waals surface area contributed by atoms with Gasteiger partial charge in [-0.05, 0) is 103 Å². The maximum Gasteiger partial charge on any atom is 0.472 e. The van der Waals surface area contributed by atoms with Crippen LogP contribution in [0.3, 0.4) is 0 Å². The zero-order valence-electron chi connectivity index (χ0n) is 42.0. The van der Waals surface area contributed by atoms with Crippen LogP contribution in [-0.4, -0.2) is 66.5 Å². The molecule has 0 saturated carbocycles. The number of allylic oxidation sites excluding steroid dienone is 20. The molecule has 0 bridgehead atoms. The molecule has 0 aliphatic heterocycles. The first-order chi connectivity index (χ1) is 33.2. The van der Waals surface area contributed by atoms with Gasteiger partial charge in [-0.3, -0.25) is 23.4 Å². The lowest BCUT2D eigenvalue weighted by Crippen LogP contribution is -2.30. The molecule has 12 heteroatoms. The molecule has 0 heterocycles. The fourth-order valence-electron chi connectivity index (χ4n) is 6.06. The number of aliphatic hydroxyl groups excluding tert-OH is 1. The molecule has 0 aromatic rings. The largest absolute Gasteiger partial charge is 0.472 e. The number of phosphoric acid groups is 1. The van der Waals surface area contributed by atoms with Gasteiger partial charge in [-0.1, -0.05) is 174 Å². The molecule has 0 aromatic heterocycles. The summed E-state index contributed by atoms with van der Waals surface area (Å²) in [5, 5.41) is 9.75. The summed E-state index contributed by atoms with van der Waals surface area (Å²) in [7, 11) is -4.78. The van der Waals surface area contributed by atoms with Gasteiger partial charge in [0.05, 0.1) is 19.8 Å². The molecule has 0 spiro atoms. The minimum absolute atomic E-state index is 0.0440. The van der Waals surface area contributed by atoms with Crippen molar-refractivity contribution in [3.8, 4) is 0 Å². The van der Waals surface area contributed by atoms with Crippen LogP contribution in [0.5, 0.6) is 0 Å². The molecule has 0 rings (SSSR count). The van der Waals surface area contributed by atoms with Crippen molar-refractivity contribution < 1.29 is 52.2 Å². The van der Waals surface area contributed by atoms with Crippen LogP contribution in [0.1, 0.15) is 175 Å². The number of carbonyl (C=O) groups is 3. The van der Waals surface area contributed by atoms with Crippen molar-refractivity contribution in [1.29, 1.82) is 0 Å². The van der Waals surface area contributed by atoms with Gasteiger partial charge in [0.2, 0.25) is 0 Å². The number of aliphatic hydroxyl groups is 1. The molecule has 384 valence electrons. The molecule has 3 unspecified atom stereocenters. The lowest BCUT2D eigenvalue weighted by atomic mass is 10.1. The fraction of sp³-hybridized carbons (Fsp3) is 0.589. The fourth-order valence-corrected chi connectivity index (χ4v) is 6.84. The number of esters is 3. The first-order valence-corrected chi connectivity index (χ1v) is 26.9. The average molecular weight is 969 g/mol. The van der Waals surface area contributed by atoms with Gasteiger partial charge in [-0.25, -0.2) is 4.57 Å². The maximum atomic E-state index is 12.8. The molecule has 2 N–H and O–H groups in total. The summed E-state index contributed by atoms with van der Waals surface area (Å²) in [5.41, 5.74) is 0. The second-order valence-corrected chi connectivity index (χ2v) is 17.7. The molecular formula is C56H89O11P. The molecule has 3 atom stereocenters. The van der Waals surface area contributed by atoms with E-state index < -0.39 is 64.4 Å². The third kappa shape index (κ3) is 47.0. The van der Waals surface area contributed by atoms with Crippen LogP contribution in [0, 0.1) is 0 Å². The van der Waals surface area contributed by atoms with Gasteiger partial charge >= 0.3 is 25.7 Å². The Hall–Kier alpha value is -4.12. The monoisotopic (exact) mass is 969 g/mol. The highest BCUT2D eigenvalue weighted by atomic mass is 31.2. The van der Waals surface area contributed by atoms with Crippen molar-refractivity contribution >= 4 is 25.7 Å². The smallest absolute Gasteiger partial charge is 0.462 e. The van der Waals surface area contributed by atoms with Crippen molar-refractivity contribution in [2.24, 2.45) is 0 Å². The number of ether oxygens (including phenoxy) is 3. The topological polar surface area (TPSA) is 155 Å². The van der Waals surface area contributed by atoms with Crippen molar-refractivity contribution in [2.75, 3.05) is 26.4 Å². The zero-order chi connectivity index (χ0) is 49.9. The van der Waals surface area contributed by atoms with Crippen LogP contribution in [0.2, 0.25) is 0 Å². The summed E-state index contributed by atoms with van der Waals surface area (Å²) in [4.78, 5) is 48.2. The Balaban J connectivity index is 4.93. The van der Waals surface area contributed by atoms with Gasteiger partial charge in [-0.2, -0.15) is 0 Å². The van der Waals surface area contributed by atoms with Gasteiger partial charge in [0, 0.05) is 19.3 Å². The lowest BCUT2D eigenvalue weighted by molar-refractivity contribution is -0.161. The minimum Gasteiger partial charge on any atom is -0.462 e. The van der Waals surface area contributed by atoms with Crippen LogP contribution in [0.15, 0.2) is 122 Å². The number of hydrogen-bond acceptors (Lipinski definition) is 10. The lowest BCUT2D eigenvalue weighted by Gasteiger charge is -2.21. The molecule has 11 nitrogen and oxygen atoms in total. The highest BCUT2D eigenvalue weighted by molar-refractivity contribution is 7.47. The third-order valence-corrected chi connectivity index (χ3v) is 10.8. The van der Waals surface area contributed by atoms with E-state index in [9.17, 15) is 28.9 Å². The number of rotatable bonds is 45. The van der Waals surface area contributed by atoms with Gasteiger partial charge < -0.3 is 24.2 Å². The average Bonchev–Trinajstić information content (AvgIpc) is 3.32. The van der Waals surface area contributed by atoms with Crippen molar-refractivity contribution in [1.82, 2.24) is 0 Å². The molecule has 0 aromatic carbocycles. The van der Waals surface area contributed by atoms with Crippen LogP contribution >= 0.6 is 7.82 Å². The second kappa shape index (κ2) is 49.3. The molecule has 0 amide bonds. The second-order valence-electron chi connectivity index (χ2n) is 16.2. The third-order valence-electron chi connectivity index (χ3n) is 9.88. The summed E-state index contributed by atoms with van der Waals surface area (Å²) in [6.45, 7) is 4.16. The zero-order valence-corrected chi connectivity index (χ0v) is 42.9. The van der Waals surface area contributed by atoms with E-state index in [4.69, 9.17) is 23.3 Å². The highest BCUT2D eigenvalue weighted by Gasteiger charge is 2.28. The highest BCUT2D eigenvalue weighted by Crippen LogP contribution is 2.43. The number of hydrogen-bond donors (Lipinski definition) is 2. The van der Waals surface area contributed by atoms with E-state index >= 15 is 0 Å². The number of carbonyl (C=O) groups excluding carboxylic acids is 3. The first-order valence-electron chi connectivity index (χ1n) is 25.4. The summed E-state index contributed by atoms with van der Waals surface area (Å²) < 4.78 is 39.1. The molecule has 0 aliphatic rings. The SMILES string of the molecule is CC/C=C\C/C=C\C/C=C\C/C=C\CCC(=O)OCC(COP(=O)(O)OCC(CO)OC(=O)CC/C=C\C/C=C\C/C=C\C/C=C\CC)OC(=O)CCCCCCC/C=C\C/C=C\CCCCC. The summed E-state index contributed by atoms with van der Waals surface area (Å²) in [6.07, 6.45) is 59.2. The van der Waals surface area contributed by atoms with Crippen LogP contribution in [-0.2, 0) is 42.2 Å². The molecule has 0 radical (unpaired) electrons.